The summed E-state index contributed by atoms with van der Waals surface area (Å²) in [6, 6.07) is 7.51. The van der Waals surface area contributed by atoms with Crippen LogP contribution in [0.1, 0.15) is 18.4 Å². The molecule has 0 aromatic heterocycles. The second-order valence-electron chi connectivity index (χ2n) is 4.41. The first kappa shape index (κ1) is 12.8. The van der Waals surface area contributed by atoms with E-state index in [1.807, 2.05) is 7.05 Å². The van der Waals surface area contributed by atoms with Crippen molar-refractivity contribution in [2.24, 2.45) is 5.73 Å². The molecule has 0 saturated heterocycles. The first-order valence-electron chi connectivity index (χ1n) is 5.86. The zero-order chi connectivity index (χ0) is 13.1. The molecule has 0 aliphatic heterocycles. The largest absolute Gasteiger partial charge is 0.484 e. The second-order valence-corrected chi connectivity index (χ2v) is 4.85. The zero-order valence-corrected chi connectivity index (χ0v) is 11.1. The molecule has 1 saturated carbocycles. The Balaban J connectivity index is 1.85. The van der Waals surface area contributed by atoms with Crippen LogP contribution in [0.25, 0.3) is 0 Å². The van der Waals surface area contributed by atoms with E-state index in [0.29, 0.717) is 16.8 Å². The Hall–Kier alpha value is -1.62. The molecule has 2 rings (SSSR count). The number of ether oxygens (including phenoxy) is 1. The summed E-state index contributed by atoms with van der Waals surface area (Å²) in [6.07, 6.45) is 2.20. The molecule has 0 heterocycles. The van der Waals surface area contributed by atoms with Gasteiger partial charge < -0.3 is 15.4 Å². The van der Waals surface area contributed by atoms with Crippen LogP contribution in [0.3, 0.4) is 0 Å². The molecule has 1 aliphatic carbocycles. The van der Waals surface area contributed by atoms with E-state index in [2.05, 4.69) is 0 Å². The summed E-state index contributed by atoms with van der Waals surface area (Å²) in [5.74, 6) is 0.656. The van der Waals surface area contributed by atoms with Crippen molar-refractivity contribution < 1.29 is 9.53 Å². The molecule has 0 radical (unpaired) electrons. The van der Waals surface area contributed by atoms with Gasteiger partial charge in [-0.25, -0.2) is 0 Å². The third-order valence-corrected chi connectivity index (χ3v) is 3.22. The Kier molecular flexibility index (Phi) is 3.81. The van der Waals surface area contributed by atoms with Crippen molar-refractivity contribution in [1.82, 2.24) is 4.90 Å². The van der Waals surface area contributed by atoms with Gasteiger partial charge in [0.25, 0.3) is 5.91 Å². The molecule has 0 unspecified atom stereocenters. The Morgan fingerprint density at radius 2 is 2.06 bits per heavy atom. The van der Waals surface area contributed by atoms with Crippen molar-refractivity contribution in [3.05, 3.63) is 29.8 Å². The first-order valence-corrected chi connectivity index (χ1v) is 6.27. The molecule has 0 atom stereocenters. The number of hydrogen-bond donors (Lipinski definition) is 1. The van der Waals surface area contributed by atoms with Crippen LogP contribution in [0.15, 0.2) is 24.3 Å². The lowest BCUT2D eigenvalue weighted by atomic mass is 10.2. The molecule has 0 spiro atoms. The van der Waals surface area contributed by atoms with Crippen LogP contribution in [0.4, 0.5) is 0 Å². The van der Waals surface area contributed by atoms with Crippen molar-refractivity contribution in [2.75, 3.05) is 13.7 Å². The number of rotatable bonds is 5. The number of thiocarbonyl (C=S) groups is 1. The van der Waals surface area contributed by atoms with E-state index in [1.54, 1.807) is 29.2 Å². The summed E-state index contributed by atoms with van der Waals surface area (Å²) in [5.41, 5.74) is 6.29. The van der Waals surface area contributed by atoms with Crippen LogP contribution in [0, 0.1) is 0 Å². The fourth-order valence-electron chi connectivity index (χ4n) is 1.63. The fourth-order valence-corrected chi connectivity index (χ4v) is 1.76. The average Bonchev–Trinajstić information content (AvgIpc) is 3.19. The predicted molar refractivity (Wildman–Crippen MR) is 73.6 cm³/mol. The lowest BCUT2D eigenvalue weighted by molar-refractivity contribution is -0.132. The SMILES string of the molecule is CN(C(=O)COc1ccc(C(N)=S)cc1)C1CC1. The summed E-state index contributed by atoms with van der Waals surface area (Å²) in [4.78, 5) is 13.8. The normalized spacial score (nSPS) is 14.1. The average molecular weight is 264 g/mol. The summed E-state index contributed by atoms with van der Waals surface area (Å²) >= 11 is 4.86. The van der Waals surface area contributed by atoms with Crippen molar-refractivity contribution >= 4 is 23.1 Å². The molecule has 1 amide bonds. The van der Waals surface area contributed by atoms with Gasteiger partial charge in [0, 0.05) is 18.7 Å². The Labute approximate surface area is 112 Å². The van der Waals surface area contributed by atoms with Gasteiger partial charge >= 0.3 is 0 Å². The number of amides is 1. The minimum atomic E-state index is 0.0101. The van der Waals surface area contributed by atoms with E-state index in [-0.39, 0.29) is 12.5 Å². The van der Waals surface area contributed by atoms with Crippen LogP contribution < -0.4 is 10.5 Å². The topological polar surface area (TPSA) is 55.6 Å². The highest BCUT2D eigenvalue weighted by molar-refractivity contribution is 7.80. The molecule has 4 nitrogen and oxygen atoms in total. The van der Waals surface area contributed by atoms with Crippen molar-refractivity contribution in [1.29, 1.82) is 0 Å². The molecule has 5 heteroatoms. The summed E-state index contributed by atoms with van der Waals surface area (Å²) < 4.78 is 5.43. The standard InChI is InChI=1S/C13H16N2O2S/c1-15(10-4-5-10)12(16)8-17-11-6-2-9(3-7-11)13(14)18/h2-3,6-7,10H,4-5,8H2,1H3,(H2,14,18). The first-order chi connectivity index (χ1) is 8.58. The number of nitrogens with zero attached hydrogens (tertiary/aromatic N) is 1. The van der Waals surface area contributed by atoms with Gasteiger partial charge in [0.1, 0.15) is 10.7 Å². The number of likely N-dealkylation sites (N-methyl/N-ethyl adjacent to an activating group) is 1. The Morgan fingerprint density at radius 1 is 1.44 bits per heavy atom. The highest BCUT2D eigenvalue weighted by atomic mass is 32.1. The fraction of sp³-hybridized carbons (Fsp3) is 0.385. The van der Waals surface area contributed by atoms with E-state index < -0.39 is 0 Å². The van der Waals surface area contributed by atoms with Crippen LogP contribution >= 0.6 is 12.2 Å². The lowest BCUT2D eigenvalue weighted by Gasteiger charge is -2.16. The van der Waals surface area contributed by atoms with Gasteiger partial charge in [-0.05, 0) is 37.1 Å². The maximum atomic E-state index is 11.7. The number of carbonyl (C=O) groups excluding carboxylic acids is 1. The lowest BCUT2D eigenvalue weighted by Crippen LogP contribution is -2.33. The van der Waals surface area contributed by atoms with Crippen LogP contribution in [0.2, 0.25) is 0 Å². The summed E-state index contributed by atoms with van der Waals surface area (Å²) in [5, 5.41) is 0. The molecule has 1 fully saturated rings. The Bertz CT molecular complexity index is 455. The predicted octanol–water partition coefficient (Wildman–Crippen LogP) is 1.32. The highest BCUT2D eigenvalue weighted by Gasteiger charge is 2.29. The molecular weight excluding hydrogens is 248 g/mol. The maximum Gasteiger partial charge on any atom is 0.260 e. The van der Waals surface area contributed by atoms with E-state index >= 15 is 0 Å². The molecule has 2 N–H and O–H groups in total. The van der Waals surface area contributed by atoms with E-state index in [1.165, 1.54) is 0 Å². The van der Waals surface area contributed by atoms with Gasteiger partial charge in [-0.2, -0.15) is 0 Å². The molecule has 1 aromatic carbocycles. The number of carbonyl (C=O) groups is 1. The molecule has 1 aromatic rings. The van der Waals surface area contributed by atoms with E-state index in [0.717, 1.165) is 18.4 Å². The quantitative estimate of drug-likeness (QED) is 0.815. The zero-order valence-electron chi connectivity index (χ0n) is 10.3. The number of benzene rings is 1. The van der Waals surface area contributed by atoms with Gasteiger partial charge in [-0.15, -0.1) is 0 Å². The molecule has 18 heavy (non-hydrogen) atoms. The van der Waals surface area contributed by atoms with Gasteiger partial charge in [0.15, 0.2) is 6.61 Å². The van der Waals surface area contributed by atoms with E-state index in [9.17, 15) is 4.79 Å². The molecular formula is C13H16N2O2S. The second kappa shape index (κ2) is 5.35. The van der Waals surface area contributed by atoms with Gasteiger partial charge in [0.05, 0.1) is 0 Å². The maximum absolute atomic E-state index is 11.7. The highest BCUT2D eigenvalue weighted by Crippen LogP contribution is 2.25. The molecule has 1 aliphatic rings. The monoisotopic (exact) mass is 264 g/mol. The Morgan fingerprint density at radius 3 is 2.56 bits per heavy atom. The van der Waals surface area contributed by atoms with Crippen molar-refractivity contribution in [2.45, 2.75) is 18.9 Å². The van der Waals surface area contributed by atoms with Crippen LogP contribution in [0.5, 0.6) is 5.75 Å². The summed E-state index contributed by atoms with van der Waals surface area (Å²) in [7, 11) is 1.82. The molecule has 96 valence electrons. The smallest absolute Gasteiger partial charge is 0.260 e. The van der Waals surface area contributed by atoms with Gasteiger partial charge in [-0.1, -0.05) is 12.2 Å². The van der Waals surface area contributed by atoms with E-state index in [4.69, 9.17) is 22.7 Å². The van der Waals surface area contributed by atoms with Gasteiger partial charge in [0.2, 0.25) is 0 Å². The molecule has 0 bridgehead atoms. The van der Waals surface area contributed by atoms with Crippen molar-refractivity contribution in [3.8, 4) is 5.75 Å². The number of nitrogens with two attached hydrogens (primary N) is 1. The number of hydrogen-bond acceptors (Lipinski definition) is 3. The third-order valence-electron chi connectivity index (χ3n) is 2.99. The van der Waals surface area contributed by atoms with Crippen molar-refractivity contribution in [3.63, 3.8) is 0 Å². The minimum absolute atomic E-state index is 0.0101. The van der Waals surface area contributed by atoms with Gasteiger partial charge in [-0.3, -0.25) is 4.79 Å². The van der Waals surface area contributed by atoms with Crippen LogP contribution in [-0.4, -0.2) is 35.5 Å². The van der Waals surface area contributed by atoms with Crippen LogP contribution in [-0.2, 0) is 4.79 Å². The minimum Gasteiger partial charge on any atom is -0.484 e. The summed E-state index contributed by atoms with van der Waals surface area (Å²) in [6.45, 7) is 0.0689. The third kappa shape index (κ3) is 3.20.